The zero-order valence-corrected chi connectivity index (χ0v) is 47.5. The maximum Gasteiger partial charge on any atom is 0.306 e. The number of hydrogen-bond acceptors (Lipinski definition) is 7. The van der Waals surface area contributed by atoms with Crippen LogP contribution in [0, 0.1) is 0 Å². The third kappa shape index (κ3) is 51.9. The lowest BCUT2D eigenvalue weighted by Gasteiger charge is -2.30. The van der Waals surface area contributed by atoms with E-state index in [9.17, 15) is 19.0 Å². The van der Waals surface area contributed by atoms with E-state index in [0.717, 1.165) is 77.0 Å². The predicted molar refractivity (Wildman–Crippen MR) is 302 cm³/mol. The second-order valence-electron chi connectivity index (χ2n) is 20.4. The summed E-state index contributed by atoms with van der Waals surface area (Å²) in [5.41, 5.74) is 0. The van der Waals surface area contributed by atoms with Gasteiger partial charge in [0.25, 0.3) is 7.82 Å². The molecule has 410 valence electrons. The molecule has 0 spiro atoms. The van der Waals surface area contributed by atoms with E-state index >= 15 is 0 Å². The van der Waals surface area contributed by atoms with Gasteiger partial charge in [-0.25, -0.2) is 0 Å². The van der Waals surface area contributed by atoms with E-state index in [2.05, 4.69) is 86.8 Å². The van der Waals surface area contributed by atoms with Crippen LogP contribution < -0.4 is 10.2 Å². The number of phosphoric ester groups is 1. The maximum absolute atomic E-state index is 13.5. The van der Waals surface area contributed by atoms with Gasteiger partial charge in [0.1, 0.15) is 19.3 Å². The highest BCUT2D eigenvalue weighted by molar-refractivity contribution is 7.45. The quantitative estimate of drug-likeness (QED) is 0.0212. The fourth-order valence-electron chi connectivity index (χ4n) is 7.90. The molecule has 3 unspecified atom stereocenters. The number of allylic oxidation sites excluding steroid dienone is 13. The van der Waals surface area contributed by atoms with Crippen molar-refractivity contribution in [1.29, 1.82) is 0 Å². The molecule has 0 aromatic carbocycles. The van der Waals surface area contributed by atoms with Crippen molar-refractivity contribution in [1.82, 2.24) is 5.32 Å². The minimum Gasteiger partial charge on any atom is -0.756 e. The van der Waals surface area contributed by atoms with E-state index in [0.29, 0.717) is 17.4 Å². The summed E-state index contributed by atoms with van der Waals surface area (Å²) in [4.78, 5) is 39.8. The normalized spacial score (nSPS) is 14.4. The zero-order chi connectivity index (χ0) is 52.2. The first-order valence-electron chi connectivity index (χ1n) is 28.9. The van der Waals surface area contributed by atoms with Gasteiger partial charge in [0.2, 0.25) is 5.91 Å². The average Bonchev–Trinajstić information content (AvgIpc) is 3.33. The Hall–Kier alpha value is -2.81. The Morgan fingerprint density at radius 1 is 0.507 bits per heavy atom. The summed E-state index contributed by atoms with van der Waals surface area (Å²) in [6.07, 6.45) is 65.6. The monoisotopic (exact) mass is 1010 g/mol. The number of ether oxygens (including phenoxy) is 1. The summed E-state index contributed by atoms with van der Waals surface area (Å²) < 4.78 is 30.2. The average molecular weight is 1010 g/mol. The molecule has 9 nitrogen and oxygen atoms in total. The van der Waals surface area contributed by atoms with Crippen LogP contribution in [0.25, 0.3) is 0 Å². The molecular formula is C61H109N2O7P. The van der Waals surface area contributed by atoms with Gasteiger partial charge in [0.15, 0.2) is 0 Å². The lowest BCUT2D eigenvalue weighted by molar-refractivity contribution is -0.870. The molecule has 0 rings (SSSR count). The van der Waals surface area contributed by atoms with Crippen molar-refractivity contribution in [2.24, 2.45) is 0 Å². The molecule has 10 heteroatoms. The van der Waals surface area contributed by atoms with Crippen molar-refractivity contribution < 1.29 is 37.3 Å². The van der Waals surface area contributed by atoms with Crippen molar-refractivity contribution in [3.8, 4) is 0 Å². The Balaban J connectivity index is 5.48. The van der Waals surface area contributed by atoms with Crippen LogP contribution in [0.2, 0.25) is 0 Å². The van der Waals surface area contributed by atoms with Gasteiger partial charge >= 0.3 is 5.97 Å². The summed E-state index contributed by atoms with van der Waals surface area (Å²) in [5.74, 6) is -0.639. The smallest absolute Gasteiger partial charge is 0.306 e. The minimum absolute atomic E-state index is 0.0380. The molecule has 0 saturated carbocycles. The molecule has 0 aliphatic heterocycles. The van der Waals surface area contributed by atoms with Crippen LogP contribution in [0.4, 0.5) is 0 Å². The number of quaternary nitrogens is 1. The number of likely N-dealkylation sites (N-methyl/N-ethyl adjacent to an activating group) is 1. The predicted octanol–water partition coefficient (Wildman–Crippen LogP) is 16.8. The van der Waals surface area contributed by atoms with Crippen LogP contribution in [-0.4, -0.2) is 69.4 Å². The van der Waals surface area contributed by atoms with Gasteiger partial charge < -0.3 is 28.5 Å². The van der Waals surface area contributed by atoms with Crippen LogP contribution in [-0.2, 0) is 27.9 Å². The van der Waals surface area contributed by atoms with Crippen molar-refractivity contribution in [2.45, 2.75) is 251 Å². The summed E-state index contributed by atoms with van der Waals surface area (Å²) in [6.45, 7) is 6.66. The van der Waals surface area contributed by atoms with Crippen molar-refractivity contribution >= 4 is 19.7 Å². The molecule has 0 aromatic rings. The zero-order valence-electron chi connectivity index (χ0n) is 46.7. The number of amides is 1. The molecule has 1 N–H and O–H groups in total. The number of esters is 1. The molecule has 0 fully saturated rings. The van der Waals surface area contributed by atoms with E-state index < -0.39 is 26.6 Å². The molecule has 71 heavy (non-hydrogen) atoms. The fourth-order valence-corrected chi connectivity index (χ4v) is 8.62. The number of carbonyl (C=O) groups is 2. The number of hydrogen-bond donors (Lipinski definition) is 1. The van der Waals surface area contributed by atoms with Crippen molar-refractivity contribution in [3.63, 3.8) is 0 Å². The van der Waals surface area contributed by atoms with Gasteiger partial charge in [0.05, 0.1) is 33.8 Å². The van der Waals surface area contributed by atoms with Crippen LogP contribution >= 0.6 is 7.82 Å². The summed E-state index contributed by atoms with van der Waals surface area (Å²) in [5, 5.41) is 2.97. The molecule has 0 aliphatic rings. The first-order chi connectivity index (χ1) is 34.4. The van der Waals surface area contributed by atoms with Crippen molar-refractivity contribution in [3.05, 3.63) is 85.1 Å². The lowest BCUT2D eigenvalue weighted by Crippen LogP contribution is -2.47. The van der Waals surface area contributed by atoms with Crippen LogP contribution in [0.15, 0.2) is 85.1 Å². The maximum atomic E-state index is 13.5. The number of unbranched alkanes of at least 4 members (excludes halogenated alkanes) is 23. The molecule has 0 saturated heterocycles. The van der Waals surface area contributed by atoms with E-state index in [-0.39, 0.29) is 31.3 Å². The van der Waals surface area contributed by atoms with Crippen LogP contribution in [0.3, 0.4) is 0 Å². The van der Waals surface area contributed by atoms with E-state index in [4.69, 9.17) is 13.8 Å². The molecule has 0 radical (unpaired) electrons. The Kier molecular flexibility index (Phi) is 48.7. The molecule has 3 atom stereocenters. The van der Waals surface area contributed by atoms with Gasteiger partial charge in [-0.2, -0.15) is 0 Å². The van der Waals surface area contributed by atoms with Gasteiger partial charge in [-0.3, -0.25) is 14.2 Å². The summed E-state index contributed by atoms with van der Waals surface area (Å²) in [6, 6.07) is -0.929. The van der Waals surface area contributed by atoms with Crippen LogP contribution in [0.1, 0.15) is 239 Å². The highest BCUT2D eigenvalue weighted by atomic mass is 31.2. The van der Waals surface area contributed by atoms with E-state index in [1.165, 1.54) is 122 Å². The second kappa shape index (κ2) is 50.7. The Labute approximate surface area is 437 Å². The van der Waals surface area contributed by atoms with Crippen molar-refractivity contribution in [2.75, 3.05) is 40.9 Å². The van der Waals surface area contributed by atoms with E-state index in [1.54, 1.807) is 0 Å². The Morgan fingerprint density at radius 2 is 0.915 bits per heavy atom. The number of rotatable bonds is 51. The summed E-state index contributed by atoms with van der Waals surface area (Å²) >= 11 is 0. The molecule has 0 aliphatic carbocycles. The van der Waals surface area contributed by atoms with Crippen LogP contribution in [0.5, 0.6) is 0 Å². The molecule has 1 amide bonds. The third-order valence-electron chi connectivity index (χ3n) is 12.4. The van der Waals surface area contributed by atoms with Gasteiger partial charge in [0, 0.05) is 12.8 Å². The molecule has 0 aromatic heterocycles. The fraction of sp³-hybridized carbons (Fsp3) is 0.738. The molecular weight excluding hydrogens is 904 g/mol. The Bertz CT molecular complexity index is 1490. The Morgan fingerprint density at radius 3 is 1.35 bits per heavy atom. The standard InChI is InChI=1S/C61H109N2O7P/c1-7-10-13-16-19-22-25-28-29-30-31-32-33-36-38-41-44-47-50-53-60(64)62-58(57-69-71(66,67)68-56-55-63(4,5)6)59(52-49-46-43-40-37-34-26-23-20-17-14-11-8-2)70-61(65)54-51-48-45-42-39-35-27-24-21-18-15-12-9-3/h10,13,19,22,28-29,31-32,36,38,44,47,49,52,58-59H,7-9,11-12,14-18,20-21,23-27,30,33-35,37,39-43,45-46,48,50-51,53-57H2,1-6H3,(H-,62,64,66,67)/b13-10-,22-19-,29-28-,32-31-,38-36-,47-44-,52-49-. The second-order valence-corrected chi connectivity index (χ2v) is 21.8. The topological polar surface area (TPSA) is 114 Å². The number of phosphoric acid groups is 1. The molecule has 0 heterocycles. The number of nitrogens with zero attached hydrogens (tertiary/aromatic N) is 1. The highest BCUT2D eigenvalue weighted by Gasteiger charge is 2.27. The lowest BCUT2D eigenvalue weighted by atomic mass is 10.0. The van der Waals surface area contributed by atoms with Gasteiger partial charge in [-0.05, 0) is 70.3 Å². The van der Waals surface area contributed by atoms with Gasteiger partial charge in [-0.1, -0.05) is 241 Å². The van der Waals surface area contributed by atoms with E-state index in [1.807, 2.05) is 45.4 Å². The number of nitrogens with one attached hydrogen (secondary N) is 1. The summed E-state index contributed by atoms with van der Waals surface area (Å²) in [7, 11) is 1.13. The minimum atomic E-state index is -4.72. The first-order valence-corrected chi connectivity index (χ1v) is 30.4. The SMILES string of the molecule is CC/C=C\C/C=C\C/C=C\C/C=C\C/C=C\C/C=C\CCC(=O)NC(COP(=O)([O-])OCC[N+](C)(C)C)C(/C=C\CCCCCCCCCCCCC)OC(=O)CCCCCCCCCCCCCCC. The molecule has 0 bridgehead atoms. The van der Waals surface area contributed by atoms with Gasteiger partial charge in [-0.15, -0.1) is 0 Å². The third-order valence-corrected chi connectivity index (χ3v) is 13.3. The largest absolute Gasteiger partial charge is 0.756 e. The number of carbonyl (C=O) groups excluding carboxylic acids is 2. The first kappa shape index (κ1) is 68.2. The highest BCUT2D eigenvalue weighted by Crippen LogP contribution is 2.38.